The number of carbonyl (C=O) groups excluding carboxylic acids is 1. The fourth-order valence-corrected chi connectivity index (χ4v) is 5.89. The number of sulfonamides is 1. The van der Waals surface area contributed by atoms with Crippen LogP contribution in [-0.2, 0) is 14.8 Å². The summed E-state index contributed by atoms with van der Waals surface area (Å²) in [5.74, 6) is -0.215. The van der Waals surface area contributed by atoms with Crippen molar-refractivity contribution >= 4 is 38.9 Å². The number of halogens is 1. The van der Waals surface area contributed by atoms with Gasteiger partial charge in [-0.1, -0.05) is 47.5 Å². The van der Waals surface area contributed by atoms with Crippen molar-refractivity contribution in [1.29, 1.82) is 0 Å². The number of hydrogen-bond acceptors (Lipinski definition) is 4. The number of amides is 1. The van der Waals surface area contributed by atoms with Crippen LogP contribution in [0.15, 0.2) is 71.6 Å². The van der Waals surface area contributed by atoms with Gasteiger partial charge in [0.05, 0.1) is 10.6 Å². The van der Waals surface area contributed by atoms with Crippen molar-refractivity contribution in [2.24, 2.45) is 0 Å². The predicted molar refractivity (Wildman–Crippen MR) is 142 cm³/mol. The van der Waals surface area contributed by atoms with Crippen LogP contribution in [0.1, 0.15) is 16.7 Å². The van der Waals surface area contributed by atoms with Crippen LogP contribution < -0.4 is 9.21 Å². The highest BCUT2D eigenvalue weighted by atomic mass is 35.5. The van der Waals surface area contributed by atoms with Gasteiger partial charge in [-0.15, -0.1) is 0 Å². The molecule has 0 aliphatic carbocycles. The van der Waals surface area contributed by atoms with E-state index in [9.17, 15) is 13.2 Å². The van der Waals surface area contributed by atoms with Crippen LogP contribution in [0.25, 0.3) is 0 Å². The van der Waals surface area contributed by atoms with Crippen molar-refractivity contribution in [3.8, 4) is 0 Å². The summed E-state index contributed by atoms with van der Waals surface area (Å²) >= 11 is 6.13. The SMILES string of the molecule is Cc1ccc(S(=O)(=O)N(CC(=O)N2CCN(c3cccc(Cl)c3)CC2)c2cc(C)ccc2C)cc1. The maximum absolute atomic E-state index is 13.7. The van der Waals surface area contributed by atoms with Crippen LogP contribution in [-0.4, -0.2) is 51.9 Å². The fraction of sp³-hybridized carbons (Fsp3) is 0.296. The molecule has 1 amide bonds. The molecule has 0 saturated carbocycles. The average Bonchev–Trinajstić information content (AvgIpc) is 2.84. The highest BCUT2D eigenvalue weighted by Crippen LogP contribution is 2.28. The Balaban J connectivity index is 1.57. The number of piperazine rings is 1. The maximum Gasteiger partial charge on any atom is 0.264 e. The second-order valence-corrected chi connectivity index (χ2v) is 11.3. The van der Waals surface area contributed by atoms with E-state index in [0.29, 0.717) is 36.9 Å². The van der Waals surface area contributed by atoms with Gasteiger partial charge in [0.2, 0.25) is 5.91 Å². The molecule has 0 spiro atoms. The van der Waals surface area contributed by atoms with Crippen LogP contribution in [0.2, 0.25) is 5.02 Å². The van der Waals surface area contributed by atoms with Crippen LogP contribution in [0, 0.1) is 20.8 Å². The Bertz CT molecular complexity index is 1320. The van der Waals surface area contributed by atoms with E-state index < -0.39 is 10.0 Å². The molecule has 6 nitrogen and oxygen atoms in total. The lowest BCUT2D eigenvalue weighted by Gasteiger charge is -2.37. The number of anilines is 2. The molecule has 1 fully saturated rings. The van der Waals surface area contributed by atoms with Gasteiger partial charge in [0.15, 0.2) is 0 Å². The van der Waals surface area contributed by atoms with Crippen molar-refractivity contribution in [1.82, 2.24) is 4.90 Å². The lowest BCUT2D eigenvalue weighted by molar-refractivity contribution is -0.129. The Kier molecular flexibility index (Phi) is 7.38. The van der Waals surface area contributed by atoms with E-state index in [1.807, 2.05) is 63.2 Å². The third kappa shape index (κ3) is 5.63. The molecule has 8 heteroatoms. The number of nitrogens with zero attached hydrogens (tertiary/aromatic N) is 3. The number of aryl methyl sites for hydroxylation is 3. The number of benzene rings is 3. The van der Waals surface area contributed by atoms with E-state index in [1.54, 1.807) is 29.2 Å². The van der Waals surface area contributed by atoms with Crippen LogP contribution in [0.3, 0.4) is 0 Å². The molecule has 0 radical (unpaired) electrons. The number of rotatable bonds is 6. The van der Waals surface area contributed by atoms with Gasteiger partial charge in [0, 0.05) is 36.9 Å². The Morgan fingerprint density at radius 2 is 1.54 bits per heavy atom. The molecule has 0 bridgehead atoms. The number of carbonyl (C=O) groups is 1. The molecule has 35 heavy (non-hydrogen) atoms. The summed E-state index contributed by atoms with van der Waals surface area (Å²) in [7, 11) is -3.94. The molecule has 184 valence electrons. The predicted octanol–water partition coefficient (Wildman–Crippen LogP) is 4.81. The first kappa shape index (κ1) is 25.1. The van der Waals surface area contributed by atoms with E-state index in [2.05, 4.69) is 4.90 Å². The van der Waals surface area contributed by atoms with Crippen molar-refractivity contribution < 1.29 is 13.2 Å². The van der Waals surface area contributed by atoms with E-state index in [1.165, 1.54) is 4.31 Å². The second-order valence-electron chi connectivity index (χ2n) is 8.96. The van der Waals surface area contributed by atoms with Gasteiger partial charge in [0.1, 0.15) is 6.54 Å². The first-order valence-electron chi connectivity index (χ1n) is 11.6. The minimum Gasteiger partial charge on any atom is -0.368 e. The highest BCUT2D eigenvalue weighted by Gasteiger charge is 2.31. The third-order valence-electron chi connectivity index (χ3n) is 6.33. The zero-order chi connectivity index (χ0) is 25.2. The molecule has 0 atom stereocenters. The molecular formula is C27H30ClN3O3S. The quantitative estimate of drug-likeness (QED) is 0.476. The average molecular weight is 512 g/mol. The molecule has 3 aromatic carbocycles. The Labute approximate surface area is 212 Å². The van der Waals surface area contributed by atoms with E-state index >= 15 is 0 Å². The Morgan fingerprint density at radius 3 is 2.20 bits per heavy atom. The first-order chi connectivity index (χ1) is 16.6. The topological polar surface area (TPSA) is 60.9 Å². The smallest absolute Gasteiger partial charge is 0.264 e. The fourth-order valence-electron chi connectivity index (χ4n) is 4.23. The van der Waals surface area contributed by atoms with Gasteiger partial charge in [-0.05, 0) is 68.3 Å². The molecule has 1 aliphatic heterocycles. The largest absolute Gasteiger partial charge is 0.368 e. The summed E-state index contributed by atoms with van der Waals surface area (Å²) in [5, 5.41) is 0.673. The van der Waals surface area contributed by atoms with E-state index in [4.69, 9.17) is 11.6 Å². The Hall–Kier alpha value is -3.03. The summed E-state index contributed by atoms with van der Waals surface area (Å²) in [6.45, 7) is 7.76. The molecule has 0 N–H and O–H groups in total. The van der Waals surface area contributed by atoms with E-state index in [-0.39, 0.29) is 17.3 Å². The van der Waals surface area contributed by atoms with E-state index in [0.717, 1.165) is 22.4 Å². The van der Waals surface area contributed by atoms with Gasteiger partial charge in [0.25, 0.3) is 10.0 Å². The molecule has 4 rings (SSSR count). The molecule has 3 aromatic rings. The summed E-state index contributed by atoms with van der Waals surface area (Å²) in [5.41, 5.74) is 4.23. The molecule has 1 aliphatic rings. The summed E-state index contributed by atoms with van der Waals surface area (Å²) < 4.78 is 28.7. The summed E-state index contributed by atoms with van der Waals surface area (Å²) in [6, 6.07) is 20.0. The minimum absolute atomic E-state index is 0.169. The Morgan fingerprint density at radius 1 is 0.886 bits per heavy atom. The standard InChI is InChI=1S/C27H30ClN3O3S/c1-20-8-11-25(12-9-20)35(33,34)31(26-17-21(2)7-10-22(26)3)19-27(32)30-15-13-29(14-16-30)24-6-4-5-23(28)18-24/h4-12,17-18H,13-16,19H2,1-3H3. The van der Waals surface area contributed by atoms with Crippen LogP contribution >= 0.6 is 11.6 Å². The van der Waals surface area contributed by atoms with Gasteiger partial charge in [-0.2, -0.15) is 0 Å². The minimum atomic E-state index is -3.94. The third-order valence-corrected chi connectivity index (χ3v) is 8.34. The molecule has 0 aromatic heterocycles. The highest BCUT2D eigenvalue weighted by molar-refractivity contribution is 7.92. The summed E-state index contributed by atoms with van der Waals surface area (Å²) in [6.07, 6.45) is 0. The van der Waals surface area contributed by atoms with Crippen molar-refractivity contribution in [2.75, 3.05) is 41.9 Å². The zero-order valence-electron chi connectivity index (χ0n) is 20.2. The molecule has 1 saturated heterocycles. The molecule has 0 unspecified atom stereocenters. The van der Waals surface area contributed by atoms with Crippen LogP contribution in [0.4, 0.5) is 11.4 Å². The van der Waals surface area contributed by atoms with Gasteiger partial charge in [-0.25, -0.2) is 8.42 Å². The zero-order valence-corrected chi connectivity index (χ0v) is 21.8. The lowest BCUT2D eigenvalue weighted by Crippen LogP contribution is -2.52. The van der Waals surface area contributed by atoms with Crippen molar-refractivity contribution in [3.05, 3.63) is 88.4 Å². The first-order valence-corrected chi connectivity index (χ1v) is 13.4. The second kappa shape index (κ2) is 10.3. The monoisotopic (exact) mass is 511 g/mol. The molecular weight excluding hydrogens is 482 g/mol. The van der Waals surface area contributed by atoms with Crippen LogP contribution in [0.5, 0.6) is 0 Å². The van der Waals surface area contributed by atoms with Crippen molar-refractivity contribution in [2.45, 2.75) is 25.7 Å². The molecule has 1 heterocycles. The van der Waals surface area contributed by atoms with Gasteiger partial charge < -0.3 is 9.80 Å². The van der Waals surface area contributed by atoms with Gasteiger partial charge in [-0.3, -0.25) is 9.10 Å². The lowest BCUT2D eigenvalue weighted by atomic mass is 10.1. The van der Waals surface area contributed by atoms with Gasteiger partial charge >= 0.3 is 0 Å². The number of hydrogen-bond donors (Lipinski definition) is 0. The van der Waals surface area contributed by atoms with Crippen molar-refractivity contribution in [3.63, 3.8) is 0 Å². The maximum atomic E-state index is 13.7. The normalized spacial score (nSPS) is 14.2. The summed E-state index contributed by atoms with van der Waals surface area (Å²) in [4.78, 5) is 17.5.